The van der Waals surface area contributed by atoms with Crippen LogP contribution in [0.1, 0.15) is 18.7 Å². The van der Waals surface area contributed by atoms with Crippen LogP contribution in [0.3, 0.4) is 0 Å². The van der Waals surface area contributed by atoms with Gasteiger partial charge in [0.15, 0.2) is 0 Å². The van der Waals surface area contributed by atoms with Crippen LogP contribution in [0.4, 0.5) is 0 Å². The molecule has 2 atom stereocenters. The molecule has 0 saturated carbocycles. The molecule has 1 aliphatic heterocycles. The van der Waals surface area contributed by atoms with Crippen LogP contribution in [0.25, 0.3) is 0 Å². The minimum atomic E-state index is -0.0695. The molecule has 0 radical (unpaired) electrons. The molecule has 92 valence electrons. The number of amides is 1. The maximum absolute atomic E-state index is 12.0. The molecule has 4 nitrogen and oxygen atoms in total. The van der Waals surface area contributed by atoms with Gasteiger partial charge in [0.2, 0.25) is 5.91 Å². The normalized spacial score (nSPS) is 21.8. The standard InChI is InChI=1S/C12H17N3OS/c1-9(10-4-2-3-5-13-10)15-12(16)11-8-17-7-6-14-11/h2-5,9,11,14H,6-8H2,1H3,(H,15,16)/t9-,11?/m1/s1. The van der Waals surface area contributed by atoms with Gasteiger partial charge in [0, 0.05) is 24.2 Å². The summed E-state index contributed by atoms with van der Waals surface area (Å²) < 4.78 is 0. The number of nitrogens with zero attached hydrogens (tertiary/aromatic N) is 1. The van der Waals surface area contributed by atoms with Crippen LogP contribution < -0.4 is 10.6 Å². The number of carbonyl (C=O) groups is 1. The Morgan fingerprint density at radius 1 is 1.65 bits per heavy atom. The third-order valence-corrected chi connectivity index (χ3v) is 3.79. The second-order valence-electron chi connectivity index (χ2n) is 4.07. The molecule has 17 heavy (non-hydrogen) atoms. The van der Waals surface area contributed by atoms with E-state index < -0.39 is 0 Å². The third kappa shape index (κ3) is 3.44. The molecule has 2 N–H and O–H groups in total. The molecule has 1 aromatic rings. The predicted molar refractivity (Wildman–Crippen MR) is 69.9 cm³/mol. The van der Waals surface area contributed by atoms with Gasteiger partial charge in [-0.2, -0.15) is 11.8 Å². The molecule has 1 aliphatic rings. The average Bonchev–Trinajstić information content (AvgIpc) is 2.40. The lowest BCUT2D eigenvalue weighted by molar-refractivity contribution is -0.123. The summed E-state index contributed by atoms with van der Waals surface area (Å²) in [4.78, 5) is 16.2. The van der Waals surface area contributed by atoms with E-state index in [2.05, 4.69) is 15.6 Å². The summed E-state index contributed by atoms with van der Waals surface area (Å²) in [7, 11) is 0. The van der Waals surface area contributed by atoms with Crippen molar-refractivity contribution in [1.82, 2.24) is 15.6 Å². The minimum Gasteiger partial charge on any atom is -0.347 e. The molecule has 0 aliphatic carbocycles. The van der Waals surface area contributed by atoms with Crippen molar-refractivity contribution in [2.75, 3.05) is 18.1 Å². The molecule has 0 spiro atoms. The van der Waals surface area contributed by atoms with Crippen molar-refractivity contribution in [3.63, 3.8) is 0 Å². The molecule has 1 amide bonds. The SMILES string of the molecule is C[C@@H](NC(=O)C1CSCCN1)c1ccccn1. The largest absolute Gasteiger partial charge is 0.347 e. The van der Waals surface area contributed by atoms with Crippen LogP contribution in [-0.4, -0.2) is 35.0 Å². The molecule has 1 fully saturated rings. The number of rotatable bonds is 3. The number of nitrogens with one attached hydrogen (secondary N) is 2. The van der Waals surface area contributed by atoms with Gasteiger partial charge in [-0.05, 0) is 19.1 Å². The molecule has 1 unspecified atom stereocenters. The lowest BCUT2D eigenvalue weighted by Crippen LogP contribution is -2.49. The molecular weight excluding hydrogens is 234 g/mol. The van der Waals surface area contributed by atoms with Gasteiger partial charge in [0.05, 0.1) is 17.8 Å². The van der Waals surface area contributed by atoms with E-state index in [9.17, 15) is 4.79 Å². The molecule has 1 aromatic heterocycles. The monoisotopic (exact) mass is 251 g/mol. The van der Waals surface area contributed by atoms with Crippen molar-refractivity contribution >= 4 is 17.7 Å². The van der Waals surface area contributed by atoms with Crippen LogP contribution in [0.2, 0.25) is 0 Å². The lowest BCUT2D eigenvalue weighted by atomic mass is 10.2. The fourth-order valence-electron chi connectivity index (χ4n) is 1.75. The zero-order valence-corrected chi connectivity index (χ0v) is 10.7. The maximum Gasteiger partial charge on any atom is 0.238 e. The summed E-state index contributed by atoms with van der Waals surface area (Å²) in [5, 5.41) is 6.21. The van der Waals surface area contributed by atoms with E-state index in [1.165, 1.54) is 0 Å². The molecule has 0 bridgehead atoms. The fourth-order valence-corrected chi connectivity index (χ4v) is 2.69. The first-order valence-corrected chi connectivity index (χ1v) is 6.95. The van der Waals surface area contributed by atoms with Crippen LogP contribution in [-0.2, 0) is 4.79 Å². The smallest absolute Gasteiger partial charge is 0.238 e. The zero-order chi connectivity index (χ0) is 12.1. The molecule has 2 rings (SSSR count). The van der Waals surface area contributed by atoms with Gasteiger partial charge >= 0.3 is 0 Å². The van der Waals surface area contributed by atoms with E-state index in [1.807, 2.05) is 36.9 Å². The van der Waals surface area contributed by atoms with E-state index in [0.717, 1.165) is 23.7 Å². The number of hydrogen-bond donors (Lipinski definition) is 2. The highest BCUT2D eigenvalue weighted by Gasteiger charge is 2.22. The van der Waals surface area contributed by atoms with Gasteiger partial charge in [-0.1, -0.05) is 6.07 Å². The van der Waals surface area contributed by atoms with Gasteiger partial charge in [0.25, 0.3) is 0 Å². The highest BCUT2D eigenvalue weighted by Crippen LogP contribution is 2.11. The van der Waals surface area contributed by atoms with Crippen LogP contribution in [0, 0.1) is 0 Å². The Kier molecular flexibility index (Phi) is 4.39. The Morgan fingerprint density at radius 2 is 2.53 bits per heavy atom. The minimum absolute atomic E-state index is 0.0440. The Bertz CT molecular complexity index is 365. The molecule has 0 aromatic carbocycles. The Hall–Kier alpha value is -1.07. The summed E-state index contributed by atoms with van der Waals surface area (Å²) >= 11 is 1.82. The second-order valence-corrected chi connectivity index (χ2v) is 5.22. The van der Waals surface area contributed by atoms with E-state index >= 15 is 0 Å². The average molecular weight is 251 g/mol. The van der Waals surface area contributed by atoms with Gasteiger partial charge in [0.1, 0.15) is 0 Å². The number of aromatic nitrogens is 1. The van der Waals surface area contributed by atoms with E-state index in [-0.39, 0.29) is 18.0 Å². The van der Waals surface area contributed by atoms with Crippen molar-refractivity contribution in [2.24, 2.45) is 0 Å². The highest BCUT2D eigenvalue weighted by atomic mass is 32.2. The van der Waals surface area contributed by atoms with Crippen LogP contribution in [0.5, 0.6) is 0 Å². The van der Waals surface area contributed by atoms with E-state index in [0.29, 0.717) is 0 Å². The Morgan fingerprint density at radius 3 is 3.18 bits per heavy atom. The van der Waals surface area contributed by atoms with Gasteiger partial charge < -0.3 is 10.6 Å². The quantitative estimate of drug-likeness (QED) is 0.840. The number of carbonyl (C=O) groups excluding carboxylic acids is 1. The Labute approximate surface area is 106 Å². The summed E-state index contributed by atoms with van der Waals surface area (Å²) in [5.74, 6) is 2.00. The van der Waals surface area contributed by atoms with Crippen molar-refractivity contribution in [3.8, 4) is 0 Å². The number of hydrogen-bond acceptors (Lipinski definition) is 4. The summed E-state index contributed by atoms with van der Waals surface area (Å²) in [5.41, 5.74) is 0.893. The van der Waals surface area contributed by atoms with Crippen molar-refractivity contribution in [2.45, 2.75) is 19.0 Å². The molecular formula is C12H17N3OS. The third-order valence-electron chi connectivity index (χ3n) is 2.73. The van der Waals surface area contributed by atoms with Gasteiger partial charge in [-0.25, -0.2) is 0 Å². The molecule has 5 heteroatoms. The summed E-state index contributed by atoms with van der Waals surface area (Å²) in [6.07, 6.45) is 1.74. The highest BCUT2D eigenvalue weighted by molar-refractivity contribution is 7.99. The number of thioether (sulfide) groups is 1. The van der Waals surface area contributed by atoms with Gasteiger partial charge in [-0.15, -0.1) is 0 Å². The summed E-state index contributed by atoms with van der Waals surface area (Å²) in [6.45, 7) is 2.86. The van der Waals surface area contributed by atoms with E-state index in [1.54, 1.807) is 6.20 Å². The van der Waals surface area contributed by atoms with Crippen molar-refractivity contribution in [3.05, 3.63) is 30.1 Å². The molecule has 2 heterocycles. The van der Waals surface area contributed by atoms with Gasteiger partial charge in [-0.3, -0.25) is 9.78 Å². The summed E-state index contributed by atoms with van der Waals surface area (Å²) in [6, 6.07) is 5.61. The predicted octanol–water partition coefficient (Wildman–Crippen LogP) is 0.964. The van der Waals surface area contributed by atoms with E-state index in [4.69, 9.17) is 0 Å². The fraction of sp³-hybridized carbons (Fsp3) is 0.500. The lowest BCUT2D eigenvalue weighted by Gasteiger charge is -2.24. The Balaban J connectivity index is 1.89. The van der Waals surface area contributed by atoms with Crippen LogP contribution in [0.15, 0.2) is 24.4 Å². The first kappa shape index (κ1) is 12.4. The maximum atomic E-state index is 12.0. The first-order chi connectivity index (χ1) is 8.27. The topological polar surface area (TPSA) is 54.0 Å². The second kappa shape index (κ2) is 6.02. The van der Waals surface area contributed by atoms with Crippen molar-refractivity contribution in [1.29, 1.82) is 0 Å². The van der Waals surface area contributed by atoms with Crippen molar-refractivity contribution < 1.29 is 4.79 Å². The number of pyridine rings is 1. The first-order valence-electron chi connectivity index (χ1n) is 5.80. The zero-order valence-electron chi connectivity index (χ0n) is 9.85. The van der Waals surface area contributed by atoms with Crippen LogP contribution >= 0.6 is 11.8 Å². The molecule has 1 saturated heterocycles.